The van der Waals surface area contributed by atoms with Crippen molar-refractivity contribution in [2.24, 2.45) is 0 Å². The molecule has 1 atom stereocenters. The molecule has 108 valence electrons. The van der Waals surface area contributed by atoms with Gasteiger partial charge in [0.2, 0.25) is 0 Å². The Balaban J connectivity index is 2.34. The van der Waals surface area contributed by atoms with E-state index < -0.39 is 6.10 Å². The van der Waals surface area contributed by atoms with Gasteiger partial charge in [-0.3, -0.25) is 4.40 Å². The van der Waals surface area contributed by atoms with Gasteiger partial charge in [0.05, 0.1) is 22.5 Å². The zero-order valence-corrected chi connectivity index (χ0v) is 13.0. The van der Waals surface area contributed by atoms with E-state index in [1.807, 2.05) is 16.5 Å². The number of aryl methyl sites for hydroxylation is 2. The quantitative estimate of drug-likeness (QED) is 0.765. The number of aromatic nitrogens is 2. The zero-order valence-electron chi connectivity index (χ0n) is 12.3. The van der Waals surface area contributed by atoms with E-state index >= 15 is 0 Å². The molecule has 0 aliphatic heterocycles. The highest BCUT2D eigenvalue weighted by Crippen LogP contribution is 2.32. The van der Waals surface area contributed by atoms with Crippen molar-refractivity contribution in [2.75, 3.05) is 0 Å². The first-order valence-electron chi connectivity index (χ1n) is 6.90. The van der Waals surface area contributed by atoms with Gasteiger partial charge in [0.15, 0.2) is 0 Å². The highest BCUT2D eigenvalue weighted by Gasteiger charge is 2.19. The summed E-state index contributed by atoms with van der Waals surface area (Å²) in [7, 11) is 0. The number of benzene rings is 1. The molecular weight excluding hydrogens is 284 g/mol. The van der Waals surface area contributed by atoms with Crippen molar-refractivity contribution in [1.82, 2.24) is 9.38 Å². The molecule has 3 rings (SSSR count). The van der Waals surface area contributed by atoms with Gasteiger partial charge in [0, 0.05) is 11.8 Å². The summed E-state index contributed by atoms with van der Waals surface area (Å²) < 4.78 is 1.86. The minimum absolute atomic E-state index is 0.619. The Morgan fingerprint density at radius 1 is 1.19 bits per heavy atom. The number of imidazole rings is 1. The van der Waals surface area contributed by atoms with Crippen LogP contribution < -0.4 is 0 Å². The van der Waals surface area contributed by atoms with Crippen molar-refractivity contribution in [3.8, 4) is 11.3 Å². The molecule has 0 saturated carbocycles. The standard InChI is InChI=1S/C17H17ClN2O/c1-10-4-6-14(11(2)8-10)16-17(12(3)21)20-9-13(18)5-7-15(20)19-16/h4-9,12,21H,1-3H3. The molecule has 21 heavy (non-hydrogen) atoms. The van der Waals surface area contributed by atoms with Crippen LogP contribution >= 0.6 is 11.6 Å². The zero-order chi connectivity index (χ0) is 15.1. The Hall–Kier alpha value is -1.84. The number of hydrogen-bond acceptors (Lipinski definition) is 2. The van der Waals surface area contributed by atoms with E-state index in [2.05, 4.69) is 37.0 Å². The number of halogens is 1. The summed E-state index contributed by atoms with van der Waals surface area (Å²) in [6, 6.07) is 9.91. The van der Waals surface area contributed by atoms with Gasteiger partial charge in [-0.05, 0) is 38.5 Å². The number of hydrogen-bond donors (Lipinski definition) is 1. The second-order valence-corrected chi connectivity index (χ2v) is 5.85. The number of aliphatic hydroxyl groups excluding tert-OH is 1. The predicted molar refractivity (Wildman–Crippen MR) is 85.7 cm³/mol. The van der Waals surface area contributed by atoms with Gasteiger partial charge < -0.3 is 5.11 Å². The first-order valence-corrected chi connectivity index (χ1v) is 7.28. The maximum Gasteiger partial charge on any atom is 0.137 e. The van der Waals surface area contributed by atoms with Crippen LogP contribution in [0.1, 0.15) is 29.8 Å². The van der Waals surface area contributed by atoms with Gasteiger partial charge in [0.1, 0.15) is 5.65 Å². The highest BCUT2D eigenvalue weighted by atomic mass is 35.5. The van der Waals surface area contributed by atoms with Crippen LogP contribution in [0, 0.1) is 13.8 Å². The van der Waals surface area contributed by atoms with Crippen LogP contribution in [0.2, 0.25) is 5.02 Å². The van der Waals surface area contributed by atoms with Crippen molar-refractivity contribution < 1.29 is 5.11 Å². The van der Waals surface area contributed by atoms with Crippen molar-refractivity contribution in [2.45, 2.75) is 26.9 Å². The molecule has 2 aromatic heterocycles. The lowest BCUT2D eigenvalue weighted by molar-refractivity contribution is 0.194. The molecule has 1 unspecified atom stereocenters. The molecule has 0 fully saturated rings. The van der Waals surface area contributed by atoms with E-state index in [4.69, 9.17) is 11.6 Å². The molecule has 0 radical (unpaired) electrons. The molecule has 1 aromatic carbocycles. The van der Waals surface area contributed by atoms with Gasteiger partial charge in [-0.25, -0.2) is 4.98 Å². The fraction of sp³-hybridized carbons (Fsp3) is 0.235. The maximum atomic E-state index is 10.2. The first-order chi connectivity index (χ1) is 9.97. The second-order valence-electron chi connectivity index (χ2n) is 5.42. The molecule has 3 aromatic rings. The molecular formula is C17H17ClN2O. The summed E-state index contributed by atoms with van der Waals surface area (Å²) in [5.41, 5.74) is 5.75. The monoisotopic (exact) mass is 300 g/mol. The van der Waals surface area contributed by atoms with E-state index in [0.717, 1.165) is 28.2 Å². The topological polar surface area (TPSA) is 37.5 Å². The molecule has 4 heteroatoms. The number of pyridine rings is 1. The van der Waals surface area contributed by atoms with E-state index in [-0.39, 0.29) is 0 Å². The molecule has 2 heterocycles. The number of nitrogens with zero attached hydrogens (tertiary/aromatic N) is 2. The van der Waals surface area contributed by atoms with Gasteiger partial charge in [-0.2, -0.15) is 0 Å². The Morgan fingerprint density at radius 2 is 1.95 bits per heavy atom. The van der Waals surface area contributed by atoms with E-state index in [0.29, 0.717) is 5.02 Å². The van der Waals surface area contributed by atoms with E-state index in [1.54, 1.807) is 13.1 Å². The smallest absolute Gasteiger partial charge is 0.137 e. The van der Waals surface area contributed by atoms with Crippen molar-refractivity contribution in [3.05, 3.63) is 58.4 Å². The number of aliphatic hydroxyl groups is 1. The van der Waals surface area contributed by atoms with Crippen LogP contribution in [0.5, 0.6) is 0 Å². The molecule has 0 aliphatic rings. The molecule has 0 aliphatic carbocycles. The summed E-state index contributed by atoms with van der Waals surface area (Å²) in [5, 5.41) is 10.8. The van der Waals surface area contributed by atoms with Crippen molar-refractivity contribution >= 4 is 17.2 Å². The van der Waals surface area contributed by atoms with Gasteiger partial charge in [-0.15, -0.1) is 0 Å². The first kappa shape index (κ1) is 14.1. The van der Waals surface area contributed by atoms with Crippen LogP contribution in [0.15, 0.2) is 36.5 Å². The predicted octanol–water partition coefficient (Wildman–Crippen LogP) is 4.32. The maximum absolute atomic E-state index is 10.2. The lowest BCUT2D eigenvalue weighted by Crippen LogP contribution is -2.00. The summed E-state index contributed by atoms with van der Waals surface area (Å²) in [4.78, 5) is 4.68. The molecule has 0 amide bonds. The van der Waals surface area contributed by atoms with E-state index in [1.165, 1.54) is 5.56 Å². The van der Waals surface area contributed by atoms with Gasteiger partial charge in [-0.1, -0.05) is 35.4 Å². The number of rotatable bonds is 2. The average molecular weight is 301 g/mol. The largest absolute Gasteiger partial charge is 0.387 e. The normalized spacial score (nSPS) is 12.8. The second kappa shape index (κ2) is 5.17. The SMILES string of the molecule is Cc1ccc(-c2nc3ccc(Cl)cn3c2C(C)O)c(C)c1. The fourth-order valence-corrected chi connectivity index (χ4v) is 2.87. The third-order valence-corrected chi connectivity index (χ3v) is 3.88. The van der Waals surface area contributed by atoms with Crippen molar-refractivity contribution in [1.29, 1.82) is 0 Å². The van der Waals surface area contributed by atoms with E-state index in [9.17, 15) is 5.11 Å². The Labute approximate surface area is 128 Å². The van der Waals surface area contributed by atoms with Gasteiger partial charge in [0.25, 0.3) is 0 Å². The molecule has 0 spiro atoms. The minimum atomic E-state index is -0.630. The fourth-order valence-electron chi connectivity index (χ4n) is 2.71. The lowest BCUT2D eigenvalue weighted by Gasteiger charge is -2.10. The Bertz CT molecular complexity index is 821. The number of fused-ring (bicyclic) bond motifs is 1. The van der Waals surface area contributed by atoms with Crippen LogP contribution in [0.3, 0.4) is 0 Å². The highest BCUT2D eigenvalue weighted by molar-refractivity contribution is 6.30. The third kappa shape index (κ3) is 2.43. The average Bonchev–Trinajstić information content (AvgIpc) is 2.76. The summed E-state index contributed by atoms with van der Waals surface area (Å²) in [5.74, 6) is 0. The minimum Gasteiger partial charge on any atom is -0.387 e. The lowest BCUT2D eigenvalue weighted by atomic mass is 10.0. The van der Waals surface area contributed by atoms with Crippen LogP contribution in [0.4, 0.5) is 0 Å². The Kier molecular flexibility index (Phi) is 3.47. The molecule has 0 bridgehead atoms. The van der Waals surface area contributed by atoms with Crippen LogP contribution in [-0.4, -0.2) is 14.5 Å². The molecule has 0 saturated heterocycles. The Morgan fingerprint density at radius 3 is 2.62 bits per heavy atom. The third-order valence-electron chi connectivity index (χ3n) is 3.65. The molecule has 3 nitrogen and oxygen atoms in total. The molecule has 1 N–H and O–H groups in total. The summed E-state index contributed by atoms with van der Waals surface area (Å²) in [6.45, 7) is 5.87. The van der Waals surface area contributed by atoms with Gasteiger partial charge >= 0.3 is 0 Å². The van der Waals surface area contributed by atoms with Crippen LogP contribution in [-0.2, 0) is 0 Å². The summed E-state index contributed by atoms with van der Waals surface area (Å²) in [6.07, 6.45) is 1.16. The van der Waals surface area contributed by atoms with Crippen LogP contribution in [0.25, 0.3) is 16.9 Å². The summed E-state index contributed by atoms with van der Waals surface area (Å²) >= 11 is 6.07. The van der Waals surface area contributed by atoms with Crippen molar-refractivity contribution in [3.63, 3.8) is 0 Å².